The fourth-order valence-electron chi connectivity index (χ4n) is 4.00. The molecule has 1 saturated carbocycles. The van der Waals surface area contributed by atoms with Crippen LogP contribution < -0.4 is 0 Å². The Labute approximate surface area is 136 Å². The van der Waals surface area contributed by atoms with Gasteiger partial charge in [-0.25, -0.2) is 0 Å². The first-order valence-corrected chi connectivity index (χ1v) is 9.06. The van der Waals surface area contributed by atoms with Crippen molar-refractivity contribution in [2.75, 3.05) is 13.1 Å². The van der Waals surface area contributed by atoms with Crippen LogP contribution in [0, 0.1) is 5.92 Å². The minimum atomic E-state index is 0.280. The lowest BCUT2D eigenvalue weighted by atomic mass is 9.85. The van der Waals surface area contributed by atoms with Crippen molar-refractivity contribution < 1.29 is 4.79 Å². The van der Waals surface area contributed by atoms with Crippen molar-refractivity contribution in [2.24, 2.45) is 5.92 Å². The minimum Gasteiger partial charge on any atom is -0.300 e. The smallest absolute Gasteiger partial charge is 0.162 e. The van der Waals surface area contributed by atoms with E-state index in [4.69, 9.17) is 0 Å². The SMILES string of the molecule is O=C(CCCN1CCC2CCCCC21)c1ccc(Br)cc1. The van der Waals surface area contributed by atoms with E-state index in [1.54, 1.807) is 0 Å². The number of carbonyl (C=O) groups excluding carboxylic acids is 1. The van der Waals surface area contributed by atoms with Crippen LogP contribution in [0.1, 0.15) is 55.3 Å². The zero-order chi connectivity index (χ0) is 14.7. The number of hydrogen-bond acceptors (Lipinski definition) is 2. The number of likely N-dealkylation sites (tertiary alicyclic amines) is 1. The van der Waals surface area contributed by atoms with E-state index in [1.165, 1.54) is 38.6 Å². The molecule has 1 aromatic rings. The van der Waals surface area contributed by atoms with Crippen LogP contribution in [0.25, 0.3) is 0 Å². The quantitative estimate of drug-likeness (QED) is 0.719. The normalized spacial score (nSPS) is 25.8. The van der Waals surface area contributed by atoms with Crippen LogP contribution in [-0.2, 0) is 0 Å². The van der Waals surface area contributed by atoms with Crippen molar-refractivity contribution in [1.82, 2.24) is 4.90 Å². The summed E-state index contributed by atoms with van der Waals surface area (Å²) in [5.74, 6) is 1.22. The molecule has 1 heterocycles. The molecule has 114 valence electrons. The Hall–Kier alpha value is -0.670. The Balaban J connectivity index is 1.45. The van der Waals surface area contributed by atoms with Gasteiger partial charge in [0.25, 0.3) is 0 Å². The molecule has 0 radical (unpaired) electrons. The van der Waals surface area contributed by atoms with Crippen molar-refractivity contribution in [1.29, 1.82) is 0 Å². The fourth-order valence-corrected chi connectivity index (χ4v) is 4.27. The summed E-state index contributed by atoms with van der Waals surface area (Å²) in [6.07, 6.45) is 8.69. The van der Waals surface area contributed by atoms with Gasteiger partial charge in [-0.2, -0.15) is 0 Å². The third kappa shape index (κ3) is 3.75. The van der Waals surface area contributed by atoms with E-state index in [0.717, 1.165) is 35.0 Å². The van der Waals surface area contributed by atoms with Gasteiger partial charge >= 0.3 is 0 Å². The molecule has 0 aromatic heterocycles. The highest BCUT2D eigenvalue weighted by molar-refractivity contribution is 9.10. The van der Waals surface area contributed by atoms with Gasteiger partial charge in [0.1, 0.15) is 0 Å². The Morgan fingerprint density at radius 3 is 2.71 bits per heavy atom. The van der Waals surface area contributed by atoms with E-state index in [1.807, 2.05) is 24.3 Å². The highest BCUT2D eigenvalue weighted by Crippen LogP contribution is 2.36. The lowest BCUT2D eigenvalue weighted by Crippen LogP contribution is -2.35. The van der Waals surface area contributed by atoms with Crippen LogP contribution in [0.5, 0.6) is 0 Å². The summed E-state index contributed by atoms with van der Waals surface area (Å²) in [4.78, 5) is 14.8. The highest BCUT2D eigenvalue weighted by atomic mass is 79.9. The van der Waals surface area contributed by atoms with Gasteiger partial charge in [0.05, 0.1) is 0 Å². The summed E-state index contributed by atoms with van der Waals surface area (Å²) in [5.41, 5.74) is 0.843. The van der Waals surface area contributed by atoms with E-state index < -0.39 is 0 Å². The number of rotatable bonds is 5. The molecule has 3 heteroatoms. The maximum Gasteiger partial charge on any atom is 0.162 e. The minimum absolute atomic E-state index is 0.280. The van der Waals surface area contributed by atoms with Gasteiger partial charge in [-0.05, 0) is 56.8 Å². The number of carbonyl (C=O) groups is 1. The summed E-state index contributed by atoms with van der Waals surface area (Å²) in [6.45, 7) is 2.35. The molecular weight excluding hydrogens is 326 g/mol. The van der Waals surface area contributed by atoms with Crippen LogP contribution in [0.4, 0.5) is 0 Å². The molecule has 0 bridgehead atoms. The summed E-state index contributed by atoms with van der Waals surface area (Å²) in [6, 6.07) is 8.54. The molecule has 1 aliphatic carbocycles. The fraction of sp³-hybridized carbons (Fsp3) is 0.611. The van der Waals surface area contributed by atoms with E-state index in [2.05, 4.69) is 20.8 Å². The molecule has 2 unspecified atom stereocenters. The second-order valence-electron chi connectivity index (χ2n) is 6.47. The molecule has 0 N–H and O–H groups in total. The van der Waals surface area contributed by atoms with Gasteiger partial charge in [-0.1, -0.05) is 40.9 Å². The lowest BCUT2D eigenvalue weighted by molar-refractivity contribution is 0.0970. The molecule has 21 heavy (non-hydrogen) atoms. The number of benzene rings is 1. The standard InChI is InChI=1S/C18H24BrNO/c19-16-9-7-15(8-10-16)18(21)6-3-12-20-13-11-14-4-1-2-5-17(14)20/h7-10,14,17H,1-6,11-13H2. The molecule has 1 aromatic carbocycles. The number of fused-ring (bicyclic) bond motifs is 1. The summed E-state index contributed by atoms with van der Waals surface area (Å²) in [5, 5.41) is 0. The van der Waals surface area contributed by atoms with E-state index in [-0.39, 0.29) is 5.78 Å². The predicted octanol–water partition coefficient (Wildman–Crippen LogP) is 4.68. The molecule has 2 aliphatic rings. The lowest BCUT2D eigenvalue weighted by Gasteiger charge is -2.31. The third-order valence-corrected chi connectivity index (χ3v) is 5.67. The molecule has 1 saturated heterocycles. The summed E-state index contributed by atoms with van der Waals surface area (Å²) >= 11 is 3.41. The number of ketones is 1. The van der Waals surface area contributed by atoms with Crippen molar-refractivity contribution in [3.8, 4) is 0 Å². The van der Waals surface area contributed by atoms with E-state index in [9.17, 15) is 4.79 Å². The predicted molar refractivity (Wildman–Crippen MR) is 89.6 cm³/mol. The monoisotopic (exact) mass is 349 g/mol. The average molecular weight is 350 g/mol. The van der Waals surface area contributed by atoms with Gasteiger partial charge in [0, 0.05) is 22.5 Å². The van der Waals surface area contributed by atoms with Gasteiger partial charge in [0.2, 0.25) is 0 Å². The molecule has 2 nitrogen and oxygen atoms in total. The topological polar surface area (TPSA) is 20.3 Å². The molecular formula is C18H24BrNO. The molecule has 1 aliphatic heterocycles. The molecule has 0 amide bonds. The zero-order valence-corrected chi connectivity index (χ0v) is 14.1. The van der Waals surface area contributed by atoms with Crippen LogP contribution in [0.2, 0.25) is 0 Å². The van der Waals surface area contributed by atoms with Gasteiger partial charge in [-0.15, -0.1) is 0 Å². The molecule has 2 atom stereocenters. The van der Waals surface area contributed by atoms with Gasteiger partial charge in [0.15, 0.2) is 5.78 Å². The first-order chi connectivity index (χ1) is 10.2. The second-order valence-corrected chi connectivity index (χ2v) is 7.39. The van der Waals surface area contributed by atoms with Gasteiger partial charge < -0.3 is 4.90 Å². The highest BCUT2D eigenvalue weighted by Gasteiger charge is 2.34. The zero-order valence-electron chi connectivity index (χ0n) is 12.6. The maximum atomic E-state index is 12.2. The summed E-state index contributed by atoms with van der Waals surface area (Å²) in [7, 11) is 0. The van der Waals surface area contributed by atoms with Crippen molar-refractivity contribution in [3.05, 3.63) is 34.3 Å². The molecule has 3 rings (SSSR count). The Kier molecular flexibility index (Phi) is 5.12. The van der Waals surface area contributed by atoms with Crippen molar-refractivity contribution >= 4 is 21.7 Å². The largest absolute Gasteiger partial charge is 0.300 e. The third-order valence-electron chi connectivity index (χ3n) is 5.14. The maximum absolute atomic E-state index is 12.2. The second kappa shape index (κ2) is 7.06. The number of halogens is 1. The number of Topliss-reactive ketones (excluding diaryl/α,β-unsaturated/α-hetero) is 1. The first kappa shape index (κ1) is 15.2. The summed E-state index contributed by atoms with van der Waals surface area (Å²) < 4.78 is 1.03. The van der Waals surface area contributed by atoms with E-state index >= 15 is 0 Å². The Morgan fingerprint density at radius 2 is 1.90 bits per heavy atom. The van der Waals surface area contributed by atoms with Gasteiger partial charge in [-0.3, -0.25) is 4.79 Å². The first-order valence-electron chi connectivity index (χ1n) is 8.27. The van der Waals surface area contributed by atoms with E-state index in [0.29, 0.717) is 6.42 Å². The van der Waals surface area contributed by atoms with Crippen molar-refractivity contribution in [3.63, 3.8) is 0 Å². The van der Waals surface area contributed by atoms with Crippen LogP contribution in [-0.4, -0.2) is 29.8 Å². The molecule has 2 fully saturated rings. The molecule has 0 spiro atoms. The Bertz CT molecular complexity index is 484. The van der Waals surface area contributed by atoms with Crippen LogP contribution >= 0.6 is 15.9 Å². The van der Waals surface area contributed by atoms with Crippen LogP contribution in [0.3, 0.4) is 0 Å². The average Bonchev–Trinajstić information content (AvgIpc) is 2.91. The van der Waals surface area contributed by atoms with Crippen LogP contribution in [0.15, 0.2) is 28.7 Å². The Morgan fingerprint density at radius 1 is 1.14 bits per heavy atom. The number of nitrogens with zero attached hydrogens (tertiary/aromatic N) is 1. The van der Waals surface area contributed by atoms with Crippen molar-refractivity contribution in [2.45, 2.75) is 51.0 Å². The number of hydrogen-bond donors (Lipinski definition) is 0.